The molecule has 4 nitrogen and oxygen atoms in total. The third-order valence-electron chi connectivity index (χ3n) is 3.05. The fourth-order valence-corrected chi connectivity index (χ4v) is 2.14. The van der Waals surface area contributed by atoms with Crippen molar-refractivity contribution in [3.05, 3.63) is 58.0 Å². The molecule has 0 fully saturated rings. The third kappa shape index (κ3) is 2.96. The van der Waals surface area contributed by atoms with Gasteiger partial charge in [0.25, 0.3) is 0 Å². The summed E-state index contributed by atoms with van der Waals surface area (Å²) in [6.45, 7) is 2.81. The molecule has 1 aromatic heterocycles. The minimum absolute atomic E-state index is 0.146. The summed E-state index contributed by atoms with van der Waals surface area (Å²) < 4.78 is 16.9. The van der Waals surface area contributed by atoms with Crippen LogP contribution >= 0.6 is 12.2 Å². The lowest BCUT2D eigenvalue weighted by Crippen LogP contribution is -2.24. The van der Waals surface area contributed by atoms with Crippen molar-refractivity contribution in [3.63, 3.8) is 0 Å². The summed E-state index contributed by atoms with van der Waals surface area (Å²) in [4.78, 5) is 12.3. The molecule has 0 unspecified atom stereocenters. The number of hydrogen-bond acceptors (Lipinski definition) is 2. The van der Waals surface area contributed by atoms with Crippen molar-refractivity contribution in [1.82, 2.24) is 9.13 Å². The average molecular weight is 293 g/mol. The van der Waals surface area contributed by atoms with Crippen LogP contribution < -0.4 is 11.4 Å². The predicted molar refractivity (Wildman–Crippen MR) is 80.4 cm³/mol. The Kier molecular flexibility index (Phi) is 4.34. The Labute approximate surface area is 121 Å². The zero-order valence-corrected chi connectivity index (χ0v) is 12.0. The van der Waals surface area contributed by atoms with Crippen LogP contribution in [0.4, 0.5) is 4.39 Å². The van der Waals surface area contributed by atoms with Gasteiger partial charge in [0.1, 0.15) is 10.8 Å². The highest BCUT2D eigenvalue weighted by atomic mass is 32.1. The molecule has 0 saturated carbocycles. The zero-order chi connectivity index (χ0) is 14.7. The largest absolute Gasteiger partial charge is 0.389 e. The van der Waals surface area contributed by atoms with Gasteiger partial charge in [0.2, 0.25) is 0 Å². The van der Waals surface area contributed by atoms with Gasteiger partial charge in [-0.1, -0.05) is 19.1 Å². The first kappa shape index (κ1) is 14.5. The van der Waals surface area contributed by atoms with E-state index in [1.165, 1.54) is 16.7 Å². The van der Waals surface area contributed by atoms with Crippen LogP contribution in [0.2, 0.25) is 0 Å². The number of rotatable bonds is 5. The lowest BCUT2D eigenvalue weighted by molar-refractivity contribution is 0.585. The lowest BCUT2D eigenvalue weighted by atomic mass is 10.1. The van der Waals surface area contributed by atoms with Crippen LogP contribution in [0.1, 0.15) is 24.5 Å². The first-order chi connectivity index (χ1) is 9.52. The van der Waals surface area contributed by atoms with E-state index < -0.39 is 0 Å². The normalized spacial score (nSPS) is 10.7. The Hall–Kier alpha value is -1.95. The van der Waals surface area contributed by atoms with Crippen LogP contribution in [0.5, 0.6) is 0 Å². The first-order valence-corrected chi connectivity index (χ1v) is 6.77. The summed E-state index contributed by atoms with van der Waals surface area (Å²) >= 11 is 4.88. The molecule has 2 N–H and O–H groups in total. The van der Waals surface area contributed by atoms with Crippen LogP contribution in [-0.4, -0.2) is 14.1 Å². The van der Waals surface area contributed by atoms with Crippen molar-refractivity contribution in [2.24, 2.45) is 5.73 Å². The maximum atomic E-state index is 13.8. The van der Waals surface area contributed by atoms with Gasteiger partial charge in [-0.2, -0.15) is 0 Å². The van der Waals surface area contributed by atoms with Gasteiger partial charge in [0, 0.05) is 30.1 Å². The quantitative estimate of drug-likeness (QED) is 0.856. The highest BCUT2D eigenvalue weighted by Crippen LogP contribution is 2.12. The van der Waals surface area contributed by atoms with E-state index >= 15 is 0 Å². The maximum Gasteiger partial charge on any atom is 0.328 e. The van der Waals surface area contributed by atoms with Gasteiger partial charge in [-0.25, -0.2) is 9.18 Å². The summed E-state index contributed by atoms with van der Waals surface area (Å²) in [5.41, 5.74) is 6.38. The number of aromatic nitrogens is 2. The second kappa shape index (κ2) is 6.00. The minimum Gasteiger partial charge on any atom is -0.389 e. The summed E-state index contributed by atoms with van der Waals surface area (Å²) in [5, 5.41) is 0. The second-order valence-corrected chi connectivity index (χ2v) is 5.01. The maximum absolute atomic E-state index is 13.8. The minimum atomic E-state index is -0.375. The molecule has 106 valence electrons. The molecular weight excluding hydrogens is 277 g/mol. The number of aryl methyl sites for hydroxylation is 1. The number of nitrogens with two attached hydrogens (primary N) is 1. The van der Waals surface area contributed by atoms with Crippen LogP contribution in [0.15, 0.2) is 35.4 Å². The Bertz CT molecular complexity index is 690. The monoisotopic (exact) mass is 293 g/mol. The highest BCUT2D eigenvalue weighted by Gasteiger charge is 2.09. The zero-order valence-electron chi connectivity index (χ0n) is 11.2. The molecular formula is C14H16FN3OS. The number of hydrogen-bond donors (Lipinski definition) is 1. The van der Waals surface area contributed by atoms with E-state index in [9.17, 15) is 9.18 Å². The molecule has 0 aliphatic carbocycles. The van der Waals surface area contributed by atoms with Crippen LogP contribution in [0, 0.1) is 5.82 Å². The Morgan fingerprint density at radius 3 is 2.70 bits per heavy atom. The van der Waals surface area contributed by atoms with Crippen molar-refractivity contribution in [2.45, 2.75) is 26.4 Å². The van der Waals surface area contributed by atoms with Crippen LogP contribution in [0.25, 0.3) is 0 Å². The van der Waals surface area contributed by atoms with Crippen LogP contribution in [-0.2, 0) is 13.1 Å². The van der Waals surface area contributed by atoms with E-state index in [2.05, 4.69) is 0 Å². The SMILES string of the molecule is CCCn1ccn(Cc2cc(C(N)=S)ccc2F)c1=O. The number of thiocarbonyl (C=S) groups is 1. The number of halogens is 1. The molecule has 0 spiro atoms. The van der Waals surface area contributed by atoms with Gasteiger partial charge in [-0.3, -0.25) is 9.13 Å². The number of benzene rings is 1. The third-order valence-corrected chi connectivity index (χ3v) is 3.29. The van der Waals surface area contributed by atoms with E-state index in [0.29, 0.717) is 17.7 Å². The molecule has 2 aromatic rings. The Morgan fingerprint density at radius 2 is 2.05 bits per heavy atom. The predicted octanol–water partition coefficient (Wildman–Crippen LogP) is 1.88. The Balaban J connectivity index is 2.32. The van der Waals surface area contributed by atoms with Gasteiger partial charge >= 0.3 is 5.69 Å². The lowest BCUT2D eigenvalue weighted by Gasteiger charge is -2.06. The van der Waals surface area contributed by atoms with Crippen molar-refractivity contribution >= 4 is 17.2 Å². The average Bonchev–Trinajstić information content (AvgIpc) is 2.74. The molecule has 0 amide bonds. The van der Waals surface area contributed by atoms with Gasteiger partial charge in [-0.05, 0) is 24.6 Å². The molecule has 1 aromatic carbocycles. The highest BCUT2D eigenvalue weighted by molar-refractivity contribution is 7.80. The van der Waals surface area contributed by atoms with E-state index in [4.69, 9.17) is 18.0 Å². The summed E-state index contributed by atoms with van der Waals surface area (Å²) in [6.07, 6.45) is 4.24. The standard InChI is InChI=1S/C14H16FN3OS/c1-2-5-17-6-7-18(14(17)19)9-11-8-10(13(16)20)3-4-12(11)15/h3-4,6-8H,2,5,9H2,1H3,(H2,16,20). The van der Waals surface area contributed by atoms with Gasteiger partial charge in [-0.15, -0.1) is 0 Å². The smallest absolute Gasteiger partial charge is 0.328 e. The molecule has 0 radical (unpaired) electrons. The van der Waals surface area contributed by atoms with E-state index in [1.54, 1.807) is 23.0 Å². The molecule has 1 heterocycles. The molecule has 2 rings (SSSR count). The molecule has 0 aliphatic rings. The molecule has 0 atom stereocenters. The number of imidazole rings is 1. The van der Waals surface area contributed by atoms with E-state index in [1.807, 2.05) is 6.92 Å². The molecule has 20 heavy (non-hydrogen) atoms. The van der Waals surface area contributed by atoms with Gasteiger partial charge in [0.05, 0.1) is 6.54 Å². The fourth-order valence-electron chi connectivity index (χ4n) is 2.02. The van der Waals surface area contributed by atoms with Crippen molar-refractivity contribution in [3.8, 4) is 0 Å². The van der Waals surface area contributed by atoms with E-state index in [0.717, 1.165) is 6.42 Å². The van der Waals surface area contributed by atoms with Crippen molar-refractivity contribution in [2.75, 3.05) is 0 Å². The topological polar surface area (TPSA) is 52.9 Å². The van der Waals surface area contributed by atoms with Crippen molar-refractivity contribution < 1.29 is 4.39 Å². The van der Waals surface area contributed by atoms with Gasteiger partial charge in [0.15, 0.2) is 0 Å². The van der Waals surface area contributed by atoms with Crippen LogP contribution in [0.3, 0.4) is 0 Å². The number of nitrogens with zero attached hydrogens (tertiary/aromatic N) is 2. The molecule has 0 bridgehead atoms. The first-order valence-electron chi connectivity index (χ1n) is 6.36. The Morgan fingerprint density at radius 1 is 1.35 bits per heavy atom. The fraction of sp³-hybridized carbons (Fsp3) is 0.286. The van der Waals surface area contributed by atoms with Crippen molar-refractivity contribution in [1.29, 1.82) is 0 Å². The molecule has 0 saturated heterocycles. The summed E-state index contributed by atoms with van der Waals surface area (Å²) in [7, 11) is 0. The molecule has 6 heteroatoms. The summed E-state index contributed by atoms with van der Waals surface area (Å²) in [6, 6.07) is 4.44. The second-order valence-electron chi connectivity index (χ2n) is 4.57. The molecule has 0 aliphatic heterocycles. The van der Waals surface area contributed by atoms with E-state index in [-0.39, 0.29) is 23.0 Å². The summed E-state index contributed by atoms with van der Waals surface area (Å²) in [5.74, 6) is -0.375. The van der Waals surface area contributed by atoms with Gasteiger partial charge < -0.3 is 5.73 Å².